The van der Waals surface area contributed by atoms with Gasteiger partial charge >= 0.3 is 0 Å². The third kappa shape index (κ3) is 2.98. The van der Waals surface area contributed by atoms with Gasteiger partial charge in [-0.25, -0.2) is 0 Å². The van der Waals surface area contributed by atoms with Gasteiger partial charge in [-0.05, 0) is 19.8 Å². The standard InChI is InChI=1S/C11H22N2O/c1-9(12)8-13-10(14)11(2)6-4-3-5-7-11/h9H,3-8,12H2,1-2H3,(H,13,14). The highest BCUT2D eigenvalue weighted by Gasteiger charge is 2.34. The molecular weight excluding hydrogens is 176 g/mol. The van der Waals surface area contributed by atoms with Crippen LogP contribution in [-0.4, -0.2) is 18.5 Å². The molecule has 1 saturated carbocycles. The second kappa shape index (κ2) is 4.78. The Morgan fingerprint density at radius 1 is 1.43 bits per heavy atom. The molecule has 0 saturated heterocycles. The van der Waals surface area contributed by atoms with Gasteiger partial charge in [0.15, 0.2) is 0 Å². The van der Waals surface area contributed by atoms with E-state index in [1.165, 1.54) is 19.3 Å². The highest BCUT2D eigenvalue weighted by molar-refractivity contribution is 5.82. The Morgan fingerprint density at radius 2 is 2.00 bits per heavy atom. The predicted molar refractivity (Wildman–Crippen MR) is 57.9 cm³/mol. The van der Waals surface area contributed by atoms with Gasteiger partial charge in [-0.15, -0.1) is 0 Å². The first-order valence-electron chi connectivity index (χ1n) is 5.58. The zero-order valence-electron chi connectivity index (χ0n) is 9.31. The summed E-state index contributed by atoms with van der Waals surface area (Å²) in [7, 11) is 0. The largest absolute Gasteiger partial charge is 0.354 e. The van der Waals surface area contributed by atoms with Gasteiger partial charge in [0.05, 0.1) is 0 Å². The summed E-state index contributed by atoms with van der Waals surface area (Å²) in [4.78, 5) is 11.9. The molecule has 0 heterocycles. The summed E-state index contributed by atoms with van der Waals surface area (Å²) in [6.45, 7) is 4.57. The maximum atomic E-state index is 11.9. The lowest BCUT2D eigenvalue weighted by atomic mass is 9.75. The number of hydrogen-bond donors (Lipinski definition) is 2. The topological polar surface area (TPSA) is 55.1 Å². The molecule has 1 aliphatic carbocycles. The van der Waals surface area contributed by atoms with Gasteiger partial charge in [0.1, 0.15) is 0 Å². The van der Waals surface area contributed by atoms with E-state index in [0.717, 1.165) is 12.8 Å². The second-order valence-electron chi connectivity index (χ2n) is 4.81. The van der Waals surface area contributed by atoms with Gasteiger partial charge in [-0.3, -0.25) is 4.79 Å². The molecule has 0 radical (unpaired) electrons. The minimum absolute atomic E-state index is 0.0474. The molecule has 14 heavy (non-hydrogen) atoms. The molecule has 3 N–H and O–H groups in total. The first kappa shape index (κ1) is 11.5. The minimum atomic E-state index is -0.132. The van der Waals surface area contributed by atoms with E-state index in [4.69, 9.17) is 5.73 Å². The molecule has 1 rings (SSSR count). The highest BCUT2D eigenvalue weighted by atomic mass is 16.2. The Hall–Kier alpha value is -0.570. The van der Waals surface area contributed by atoms with E-state index < -0.39 is 0 Å². The summed E-state index contributed by atoms with van der Waals surface area (Å²) in [5, 5.41) is 2.93. The summed E-state index contributed by atoms with van der Waals surface area (Å²) in [6.07, 6.45) is 5.69. The van der Waals surface area contributed by atoms with Crippen molar-refractivity contribution in [3.63, 3.8) is 0 Å². The fraction of sp³-hybridized carbons (Fsp3) is 0.909. The average Bonchev–Trinajstić information content (AvgIpc) is 2.15. The maximum Gasteiger partial charge on any atom is 0.225 e. The smallest absolute Gasteiger partial charge is 0.225 e. The summed E-state index contributed by atoms with van der Waals surface area (Å²) in [6, 6.07) is 0.0474. The number of amides is 1. The van der Waals surface area contributed by atoms with Crippen molar-refractivity contribution in [1.29, 1.82) is 0 Å². The average molecular weight is 198 g/mol. The third-order valence-electron chi connectivity index (χ3n) is 3.09. The van der Waals surface area contributed by atoms with Crippen molar-refractivity contribution >= 4 is 5.91 Å². The summed E-state index contributed by atoms with van der Waals surface area (Å²) >= 11 is 0. The van der Waals surface area contributed by atoms with Crippen molar-refractivity contribution in [2.24, 2.45) is 11.1 Å². The van der Waals surface area contributed by atoms with Crippen LogP contribution in [0, 0.1) is 5.41 Å². The minimum Gasteiger partial charge on any atom is -0.354 e. The van der Waals surface area contributed by atoms with Crippen LogP contribution in [-0.2, 0) is 4.79 Å². The van der Waals surface area contributed by atoms with Gasteiger partial charge in [0.25, 0.3) is 0 Å². The van der Waals surface area contributed by atoms with Gasteiger partial charge < -0.3 is 11.1 Å². The molecule has 0 aromatic rings. The van der Waals surface area contributed by atoms with Crippen LogP contribution in [0.25, 0.3) is 0 Å². The van der Waals surface area contributed by atoms with Gasteiger partial charge in [-0.2, -0.15) is 0 Å². The summed E-state index contributed by atoms with van der Waals surface area (Å²) in [5.74, 6) is 0.189. The second-order valence-corrected chi connectivity index (χ2v) is 4.81. The van der Waals surface area contributed by atoms with Crippen LogP contribution in [0.4, 0.5) is 0 Å². The van der Waals surface area contributed by atoms with E-state index in [1.807, 2.05) is 6.92 Å². The molecule has 1 unspecified atom stereocenters. The van der Waals surface area contributed by atoms with E-state index in [2.05, 4.69) is 12.2 Å². The Bertz CT molecular complexity index is 195. The van der Waals surface area contributed by atoms with E-state index in [1.54, 1.807) is 0 Å². The Kier molecular flexibility index (Phi) is 3.93. The van der Waals surface area contributed by atoms with Crippen molar-refractivity contribution in [2.45, 2.75) is 52.0 Å². The fourth-order valence-corrected chi connectivity index (χ4v) is 2.03. The molecule has 3 heteroatoms. The predicted octanol–water partition coefficient (Wildman–Crippen LogP) is 1.42. The lowest BCUT2D eigenvalue weighted by Gasteiger charge is -2.32. The van der Waals surface area contributed by atoms with Crippen LogP contribution in [0.1, 0.15) is 46.0 Å². The number of hydrogen-bond acceptors (Lipinski definition) is 2. The zero-order valence-corrected chi connectivity index (χ0v) is 9.31. The van der Waals surface area contributed by atoms with Crippen molar-refractivity contribution in [1.82, 2.24) is 5.32 Å². The SMILES string of the molecule is CC(N)CNC(=O)C1(C)CCCCC1. The molecule has 0 aromatic heterocycles. The molecule has 0 aliphatic heterocycles. The molecule has 0 spiro atoms. The monoisotopic (exact) mass is 198 g/mol. The Labute approximate surface area is 86.4 Å². The molecular formula is C11H22N2O. The normalized spacial score (nSPS) is 22.8. The van der Waals surface area contributed by atoms with Crippen LogP contribution in [0.15, 0.2) is 0 Å². The van der Waals surface area contributed by atoms with Crippen molar-refractivity contribution < 1.29 is 4.79 Å². The van der Waals surface area contributed by atoms with Crippen molar-refractivity contribution in [2.75, 3.05) is 6.54 Å². The van der Waals surface area contributed by atoms with Crippen molar-refractivity contribution in [3.05, 3.63) is 0 Å². The third-order valence-corrected chi connectivity index (χ3v) is 3.09. The Balaban J connectivity index is 2.41. The maximum absolute atomic E-state index is 11.9. The van der Waals surface area contributed by atoms with E-state index in [-0.39, 0.29) is 17.4 Å². The van der Waals surface area contributed by atoms with Crippen molar-refractivity contribution in [3.8, 4) is 0 Å². The number of carbonyl (C=O) groups excluding carboxylic acids is 1. The van der Waals surface area contributed by atoms with Gasteiger partial charge in [-0.1, -0.05) is 26.2 Å². The molecule has 3 nitrogen and oxygen atoms in total. The number of nitrogens with two attached hydrogens (primary N) is 1. The molecule has 1 atom stereocenters. The van der Waals surface area contributed by atoms with Crippen LogP contribution < -0.4 is 11.1 Å². The zero-order chi connectivity index (χ0) is 10.6. The van der Waals surface area contributed by atoms with Crippen LogP contribution in [0.2, 0.25) is 0 Å². The molecule has 0 aromatic carbocycles. The van der Waals surface area contributed by atoms with Crippen LogP contribution in [0.5, 0.6) is 0 Å². The summed E-state index contributed by atoms with van der Waals surface area (Å²) < 4.78 is 0. The van der Waals surface area contributed by atoms with Crippen LogP contribution in [0.3, 0.4) is 0 Å². The molecule has 82 valence electrons. The van der Waals surface area contributed by atoms with E-state index in [9.17, 15) is 4.79 Å². The van der Waals surface area contributed by atoms with E-state index >= 15 is 0 Å². The Morgan fingerprint density at radius 3 is 2.50 bits per heavy atom. The molecule has 1 amide bonds. The molecule has 1 fully saturated rings. The van der Waals surface area contributed by atoms with E-state index in [0.29, 0.717) is 6.54 Å². The first-order valence-corrected chi connectivity index (χ1v) is 5.58. The quantitative estimate of drug-likeness (QED) is 0.720. The molecule has 0 bridgehead atoms. The lowest BCUT2D eigenvalue weighted by Crippen LogP contribution is -2.44. The first-order chi connectivity index (χ1) is 6.54. The number of nitrogens with one attached hydrogen (secondary N) is 1. The fourth-order valence-electron chi connectivity index (χ4n) is 2.03. The van der Waals surface area contributed by atoms with Crippen LogP contribution >= 0.6 is 0 Å². The number of carbonyl (C=O) groups is 1. The molecule has 1 aliphatic rings. The highest BCUT2D eigenvalue weighted by Crippen LogP contribution is 2.35. The summed E-state index contributed by atoms with van der Waals surface area (Å²) in [5.41, 5.74) is 5.47. The lowest BCUT2D eigenvalue weighted by molar-refractivity contribution is -0.131. The van der Waals surface area contributed by atoms with Gasteiger partial charge in [0.2, 0.25) is 5.91 Å². The number of rotatable bonds is 3. The van der Waals surface area contributed by atoms with Gasteiger partial charge in [0, 0.05) is 18.0 Å².